The van der Waals surface area contributed by atoms with Crippen LogP contribution >= 0.6 is 38.9 Å². The fraction of sp³-hybridized carbons (Fsp3) is 0.0769. The zero-order chi connectivity index (χ0) is 13.9. The van der Waals surface area contributed by atoms with Gasteiger partial charge in [-0.3, -0.25) is 0 Å². The second-order valence-corrected chi connectivity index (χ2v) is 6.26. The van der Waals surface area contributed by atoms with Crippen LogP contribution in [0, 0.1) is 0 Å². The molecule has 0 amide bonds. The highest BCUT2D eigenvalue weighted by Gasteiger charge is 2.10. The number of aromatic nitrogens is 2. The topological polar surface area (TPSA) is 51.0 Å². The molecule has 0 fully saturated rings. The van der Waals surface area contributed by atoms with Gasteiger partial charge in [0.15, 0.2) is 0 Å². The standard InChI is InChI=1S/C13H9BrClN3OS/c14-8-5-11(20-7-8)13-17-12(19-18-13)6-16-10-3-1-9(15)2-4-10/h1-5,7,16H,6H2. The third-order valence-electron chi connectivity index (χ3n) is 2.54. The summed E-state index contributed by atoms with van der Waals surface area (Å²) in [6.07, 6.45) is 0. The lowest BCUT2D eigenvalue weighted by Crippen LogP contribution is -1.99. The molecule has 2 heterocycles. The second kappa shape index (κ2) is 5.95. The Morgan fingerprint density at radius 3 is 2.80 bits per heavy atom. The molecule has 3 rings (SSSR count). The number of benzene rings is 1. The quantitative estimate of drug-likeness (QED) is 0.715. The summed E-state index contributed by atoms with van der Waals surface area (Å²) in [7, 11) is 0. The highest BCUT2D eigenvalue weighted by atomic mass is 79.9. The summed E-state index contributed by atoms with van der Waals surface area (Å²) in [5, 5.41) is 9.86. The molecule has 20 heavy (non-hydrogen) atoms. The molecule has 0 aliphatic heterocycles. The van der Waals surface area contributed by atoms with Crippen molar-refractivity contribution in [2.45, 2.75) is 6.54 Å². The van der Waals surface area contributed by atoms with Gasteiger partial charge in [0.1, 0.15) is 0 Å². The van der Waals surface area contributed by atoms with Crippen LogP contribution < -0.4 is 5.32 Å². The monoisotopic (exact) mass is 369 g/mol. The van der Waals surface area contributed by atoms with Crippen LogP contribution in [-0.2, 0) is 6.54 Å². The first-order chi connectivity index (χ1) is 9.70. The van der Waals surface area contributed by atoms with E-state index in [1.807, 2.05) is 35.7 Å². The van der Waals surface area contributed by atoms with E-state index >= 15 is 0 Å². The van der Waals surface area contributed by atoms with E-state index in [1.165, 1.54) is 0 Å². The first-order valence-electron chi connectivity index (χ1n) is 5.77. The Bertz CT molecular complexity index is 710. The van der Waals surface area contributed by atoms with Crippen molar-refractivity contribution in [3.05, 3.63) is 51.1 Å². The normalized spacial score (nSPS) is 10.7. The molecule has 0 unspecified atom stereocenters. The van der Waals surface area contributed by atoms with Gasteiger partial charge in [-0.2, -0.15) is 4.98 Å². The molecule has 1 N–H and O–H groups in total. The maximum atomic E-state index is 5.83. The predicted octanol–water partition coefficient (Wildman–Crippen LogP) is 4.83. The smallest absolute Gasteiger partial charge is 0.246 e. The van der Waals surface area contributed by atoms with E-state index in [2.05, 4.69) is 31.4 Å². The number of halogens is 2. The molecule has 102 valence electrons. The molecule has 0 spiro atoms. The van der Waals surface area contributed by atoms with Crippen molar-refractivity contribution in [2.75, 3.05) is 5.32 Å². The van der Waals surface area contributed by atoms with Crippen molar-refractivity contribution in [1.82, 2.24) is 10.1 Å². The van der Waals surface area contributed by atoms with Crippen LogP contribution in [0.2, 0.25) is 5.02 Å². The highest BCUT2D eigenvalue weighted by Crippen LogP contribution is 2.27. The van der Waals surface area contributed by atoms with Gasteiger partial charge in [0.25, 0.3) is 0 Å². The van der Waals surface area contributed by atoms with Crippen LogP contribution in [0.4, 0.5) is 5.69 Å². The number of anilines is 1. The zero-order valence-electron chi connectivity index (χ0n) is 10.1. The van der Waals surface area contributed by atoms with Gasteiger partial charge in [-0.1, -0.05) is 16.8 Å². The summed E-state index contributed by atoms with van der Waals surface area (Å²) in [6, 6.07) is 9.41. The number of hydrogen-bond donors (Lipinski definition) is 1. The minimum absolute atomic E-state index is 0.473. The molecule has 2 aromatic heterocycles. The molecule has 3 aromatic rings. The summed E-state index contributed by atoms with van der Waals surface area (Å²) < 4.78 is 6.23. The van der Waals surface area contributed by atoms with Crippen molar-refractivity contribution in [3.63, 3.8) is 0 Å². The van der Waals surface area contributed by atoms with Crippen LogP contribution in [0.15, 0.2) is 44.7 Å². The molecule has 7 heteroatoms. The van der Waals surface area contributed by atoms with E-state index in [1.54, 1.807) is 11.3 Å². The fourth-order valence-electron chi connectivity index (χ4n) is 1.60. The number of nitrogens with one attached hydrogen (secondary N) is 1. The van der Waals surface area contributed by atoms with E-state index in [0.717, 1.165) is 15.0 Å². The van der Waals surface area contributed by atoms with Crippen molar-refractivity contribution in [1.29, 1.82) is 0 Å². The molecule has 0 bridgehead atoms. The molecule has 0 saturated heterocycles. The van der Waals surface area contributed by atoms with Crippen LogP contribution in [0.25, 0.3) is 10.7 Å². The number of thiophene rings is 1. The summed E-state index contributed by atoms with van der Waals surface area (Å²) in [6.45, 7) is 0.473. The molecule has 0 aliphatic rings. The van der Waals surface area contributed by atoms with Gasteiger partial charge in [-0.05, 0) is 46.3 Å². The van der Waals surface area contributed by atoms with Crippen LogP contribution in [0.1, 0.15) is 5.89 Å². The summed E-state index contributed by atoms with van der Waals surface area (Å²) in [5.41, 5.74) is 0.952. The van der Waals surface area contributed by atoms with Gasteiger partial charge in [0.2, 0.25) is 11.7 Å². The minimum Gasteiger partial charge on any atom is -0.376 e. The summed E-state index contributed by atoms with van der Waals surface area (Å²) in [5.74, 6) is 1.15. The highest BCUT2D eigenvalue weighted by molar-refractivity contribution is 9.10. The van der Waals surface area contributed by atoms with Gasteiger partial charge in [-0.25, -0.2) is 0 Å². The predicted molar refractivity (Wildman–Crippen MR) is 84.1 cm³/mol. The Morgan fingerprint density at radius 2 is 2.10 bits per heavy atom. The van der Waals surface area contributed by atoms with E-state index in [4.69, 9.17) is 16.1 Å². The van der Waals surface area contributed by atoms with Gasteiger partial charge in [0, 0.05) is 20.6 Å². The van der Waals surface area contributed by atoms with Crippen LogP contribution in [0.5, 0.6) is 0 Å². The lowest BCUT2D eigenvalue weighted by Gasteiger charge is -2.02. The first-order valence-corrected chi connectivity index (χ1v) is 7.82. The van der Waals surface area contributed by atoms with E-state index in [0.29, 0.717) is 23.3 Å². The second-order valence-electron chi connectivity index (χ2n) is 4.00. The largest absolute Gasteiger partial charge is 0.376 e. The van der Waals surface area contributed by atoms with Gasteiger partial charge < -0.3 is 9.84 Å². The number of hydrogen-bond acceptors (Lipinski definition) is 5. The summed E-state index contributed by atoms with van der Waals surface area (Å²) in [4.78, 5) is 5.32. The Labute approximate surface area is 132 Å². The van der Waals surface area contributed by atoms with E-state index in [9.17, 15) is 0 Å². The Balaban J connectivity index is 1.67. The van der Waals surface area contributed by atoms with E-state index < -0.39 is 0 Å². The molecule has 4 nitrogen and oxygen atoms in total. The molecular formula is C13H9BrClN3OS. The molecule has 1 aromatic carbocycles. The molecule has 0 atom stereocenters. The maximum absolute atomic E-state index is 5.83. The van der Waals surface area contributed by atoms with Crippen LogP contribution in [-0.4, -0.2) is 10.1 Å². The average molecular weight is 371 g/mol. The third kappa shape index (κ3) is 3.20. The van der Waals surface area contributed by atoms with Crippen molar-refractivity contribution < 1.29 is 4.52 Å². The molecule has 0 saturated carbocycles. The van der Waals surface area contributed by atoms with Crippen LogP contribution in [0.3, 0.4) is 0 Å². The Hall–Kier alpha value is -1.37. The number of rotatable bonds is 4. The van der Waals surface area contributed by atoms with Crippen molar-refractivity contribution >= 4 is 44.6 Å². The number of nitrogens with zero attached hydrogens (tertiary/aromatic N) is 2. The van der Waals surface area contributed by atoms with Gasteiger partial charge in [-0.15, -0.1) is 11.3 Å². The molecular weight excluding hydrogens is 362 g/mol. The molecule has 0 radical (unpaired) electrons. The third-order valence-corrected chi connectivity index (χ3v) is 4.48. The Morgan fingerprint density at radius 1 is 1.30 bits per heavy atom. The first kappa shape index (κ1) is 13.6. The fourth-order valence-corrected chi connectivity index (χ4v) is 3.08. The van der Waals surface area contributed by atoms with Crippen molar-refractivity contribution in [3.8, 4) is 10.7 Å². The minimum atomic E-state index is 0.473. The Kier molecular flexibility index (Phi) is 4.05. The van der Waals surface area contributed by atoms with Crippen molar-refractivity contribution in [2.24, 2.45) is 0 Å². The van der Waals surface area contributed by atoms with Gasteiger partial charge >= 0.3 is 0 Å². The lowest BCUT2D eigenvalue weighted by molar-refractivity contribution is 0.384. The summed E-state index contributed by atoms with van der Waals surface area (Å²) >= 11 is 10.8. The maximum Gasteiger partial charge on any atom is 0.246 e. The zero-order valence-corrected chi connectivity index (χ0v) is 13.3. The lowest BCUT2D eigenvalue weighted by atomic mass is 10.3. The molecule has 0 aliphatic carbocycles. The van der Waals surface area contributed by atoms with Gasteiger partial charge in [0.05, 0.1) is 11.4 Å². The SMILES string of the molecule is Clc1ccc(NCc2nc(-c3cc(Br)cs3)no2)cc1. The van der Waals surface area contributed by atoms with E-state index in [-0.39, 0.29) is 0 Å². The average Bonchev–Trinajstić information content (AvgIpc) is 3.07.